The number of carbonyl (C=O) groups is 1. The van der Waals surface area contributed by atoms with Crippen LogP contribution in [-0.4, -0.2) is 57.4 Å². The Morgan fingerprint density at radius 3 is 2.82 bits per heavy atom. The van der Waals surface area contributed by atoms with E-state index in [1.54, 1.807) is 12.1 Å². The zero-order chi connectivity index (χ0) is 23.8. The fourth-order valence-corrected chi connectivity index (χ4v) is 4.09. The quantitative estimate of drug-likeness (QED) is 0.583. The van der Waals surface area contributed by atoms with Gasteiger partial charge >= 0.3 is 6.09 Å². The van der Waals surface area contributed by atoms with Crippen LogP contribution in [0.25, 0.3) is 17.0 Å². The van der Waals surface area contributed by atoms with Crippen molar-refractivity contribution in [1.82, 2.24) is 19.7 Å². The molecule has 33 heavy (non-hydrogen) atoms. The lowest BCUT2D eigenvalue weighted by atomic mass is 10.1. The molecule has 0 radical (unpaired) electrons. The first kappa shape index (κ1) is 23.1. The lowest BCUT2D eigenvalue weighted by Crippen LogP contribution is -2.40. The molecule has 3 heterocycles. The van der Waals surface area contributed by atoms with E-state index >= 15 is 0 Å². The van der Waals surface area contributed by atoms with E-state index in [1.807, 2.05) is 43.6 Å². The molecular formula is C23H28ClN5O4. The summed E-state index contributed by atoms with van der Waals surface area (Å²) in [5.41, 5.74) is 1.50. The van der Waals surface area contributed by atoms with Crippen LogP contribution in [0.15, 0.2) is 30.6 Å². The molecule has 1 saturated heterocycles. The van der Waals surface area contributed by atoms with Crippen molar-refractivity contribution in [2.75, 3.05) is 25.1 Å². The zero-order valence-corrected chi connectivity index (χ0v) is 19.9. The number of aliphatic hydroxyl groups excluding tert-OH is 1. The van der Waals surface area contributed by atoms with Gasteiger partial charge in [-0.25, -0.2) is 9.78 Å². The maximum atomic E-state index is 12.1. The van der Waals surface area contributed by atoms with Gasteiger partial charge in [0.1, 0.15) is 17.2 Å². The number of anilines is 1. The first-order valence-electron chi connectivity index (χ1n) is 10.7. The minimum absolute atomic E-state index is 0.0123. The Morgan fingerprint density at radius 2 is 2.12 bits per heavy atom. The molecule has 0 aliphatic carbocycles. The number of hydrogen-bond acceptors (Lipinski definition) is 7. The standard InChI is InChI=1S/C23H28ClN5O4/c1-23(2,3)33-22(31)25-15-5-7-28(11-15)20-6-8-29-12-18(26-21(29)27-20)16-10-17(24)19(32-4)9-14(16)13-30/h6,8-10,12,15,30H,5,7,11,13H2,1-4H3,(H,25,31). The summed E-state index contributed by atoms with van der Waals surface area (Å²) in [6.07, 6.45) is 4.14. The minimum Gasteiger partial charge on any atom is -0.495 e. The van der Waals surface area contributed by atoms with E-state index in [0.29, 0.717) is 34.4 Å². The Labute approximate surface area is 197 Å². The summed E-state index contributed by atoms with van der Waals surface area (Å²) >= 11 is 6.30. The SMILES string of the molecule is COc1cc(CO)c(-c2cn3ccc(N4CCC(NC(=O)OC(C)(C)C)C4)nc3n2)cc1Cl. The normalized spacial score (nSPS) is 16.3. The highest BCUT2D eigenvalue weighted by atomic mass is 35.5. The van der Waals surface area contributed by atoms with Gasteiger partial charge in [0.2, 0.25) is 5.78 Å². The van der Waals surface area contributed by atoms with Gasteiger partial charge in [0, 0.05) is 31.0 Å². The second kappa shape index (κ2) is 9.07. The summed E-state index contributed by atoms with van der Waals surface area (Å²) in [5, 5.41) is 13.2. The van der Waals surface area contributed by atoms with E-state index in [1.165, 1.54) is 7.11 Å². The van der Waals surface area contributed by atoms with Gasteiger partial charge in [-0.2, -0.15) is 4.98 Å². The fourth-order valence-electron chi connectivity index (χ4n) is 3.85. The second-order valence-corrected chi connectivity index (χ2v) is 9.41. The van der Waals surface area contributed by atoms with Gasteiger partial charge in [0.05, 0.1) is 30.5 Å². The van der Waals surface area contributed by atoms with E-state index in [0.717, 1.165) is 24.3 Å². The molecule has 10 heteroatoms. The number of fused-ring (bicyclic) bond motifs is 1. The first-order chi connectivity index (χ1) is 15.7. The number of nitrogens with one attached hydrogen (secondary N) is 1. The van der Waals surface area contributed by atoms with Crippen molar-refractivity contribution in [3.8, 4) is 17.0 Å². The van der Waals surface area contributed by atoms with E-state index < -0.39 is 11.7 Å². The molecule has 1 fully saturated rings. The smallest absolute Gasteiger partial charge is 0.407 e. The molecule has 1 unspecified atom stereocenters. The Balaban J connectivity index is 1.53. The van der Waals surface area contributed by atoms with Crippen LogP contribution in [0.1, 0.15) is 32.8 Å². The van der Waals surface area contributed by atoms with Crippen LogP contribution in [0.5, 0.6) is 5.75 Å². The van der Waals surface area contributed by atoms with Crippen molar-refractivity contribution < 1.29 is 19.4 Å². The number of aromatic nitrogens is 3. The van der Waals surface area contributed by atoms with Crippen LogP contribution in [0.4, 0.5) is 10.6 Å². The monoisotopic (exact) mass is 473 g/mol. The summed E-state index contributed by atoms with van der Waals surface area (Å²) in [4.78, 5) is 23.5. The summed E-state index contributed by atoms with van der Waals surface area (Å²) in [6, 6.07) is 5.36. The number of benzene rings is 1. The molecule has 0 spiro atoms. The van der Waals surface area contributed by atoms with Gasteiger partial charge in [0.25, 0.3) is 0 Å². The molecule has 0 saturated carbocycles. The number of imidazole rings is 1. The Bertz CT molecular complexity index is 1170. The van der Waals surface area contributed by atoms with Gasteiger partial charge in [-0.05, 0) is 51.0 Å². The van der Waals surface area contributed by atoms with Gasteiger partial charge < -0.3 is 24.8 Å². The number of aliphatic hydroxyl groups is 1. The highest BCUT2D eigenvalue weighted by molar-refractivity contribution is 6.32. The van der Waals surface area contributed by atoms with Crippen molar-refractivity contribution in [2.45, 2.75) is 45.4 Å². The number of alkyl carbamates (subject to hydrolysis) is 1. The lowest BCUT2D eigenvalue weighted by molar-refractivity contribution is 0.0509. The highest BCUT2D eigenvalue weighted by Gasteiger charge is 2.27. The van der Waals surface area contributed by atoms with Crippen LogP contribution >= 0.6 is 11.6 Å². The minimum atomic E-state index is -0.530. The Kier molecular flexibility index (Phi) is 6.36. The number of nitrogens with zero attached hydrogens (tertiary/aromatic N) is 4. The molecule has 1 aliphatic rings. The number of methoxy groups -OCH3 is 1. The molecule has 2 N–H and O–H groups in total. The van der Waals surface area contributed by atoms with Crippen LogP contribution in [0, 0.1) is 0 Å². The van der Waals surface area contributed by atoms with Crippen LogP contribution < -0.4 is 15.0 Å². The van der Waals surface area contributed by atoms with Crippen molar-refractivity contribution in [3.05, 3.63) is 41.2 Å². The summed E-state index contributed by atoms with van der Waals surface area (Å²) in [5.74, 6) is 1.81. The number of ether oxygens (including phenoxy) is 2. The maximum Gasteiger partial charge on any atom is 0.407 e. The summed E-state index contributed by atoms with van der Waals surface area (Å²) < 4.78 is 12.4. The number of rotatable bonds is 5. The van der Waals surface area contributed by atoms with E-state index in [-0.39, 0.29) is 12.6 Å². The third-order valence-corrected chi connectivity index (χ3v) is 5.66. The van der Waals surface area contributed by atoms with Crippen molar-refractivity contribution in [1.29, 1.82) is 0 Å². The van der Waals surface area contributed by atoms with Gasteiger partial charge in [-0.1, -0.05) is 11.6 Å². The summed E-state index contributed by atoms with van der Waals surface area (Å²) in [6.45, 7) is 6.76. The predicted molar refractivity (Wildman–Crippen MR) is 126 cm³/mol. The Morgan fingerprint density at radius 1 is 1.33 bits per heavy atom. The molecule has 4 rings (SSSR count). The first-order valence-corrected chi connectivity index (χ1v) is 11.1. The fraction of sp³-hybridized carbons (Fsp3) is 0.435. The molecule has 0 bridgehead atoms. The number of carbonyl (C=O) groups excluding carboxylic acids is 1. The molecule has 3 aromatic rings. The van der Waals surface area contributed by atoms with Crippen molar-refractivity contribution in [2.24, 2.45) is 0 Å². The number of hydrogen-bond donors (Lipinski definition) is 2. The van der Waals surface area contributed by atoms with Crippen molar-refractivity contribution in [3.63, 3.8) is 0 Å². The molecule has 9 nitrogen and oxygen atoms in total. The topological polar surface area (TPSA) is 101 Å². The highest BCUT2D eigenvalue weighted by Crippen LogP contribution is 2.34. The third kappa shape index (κ3) is 5.15. The Hall–Kier alpha value is -3.04. The van der Waals surface area contributed by atoms with Crippen LogP contribution in [-0.2, 0) is 11.3 Å². The third-order valence-electron chi connectivity index (χ3n) is 5.37. The number of amides is 1. The zero-order valence-electron chi connectivity index (χ0n) is 19.1. The van der Waals surface area contributed by atoms with Crippen molar-refractivity contribution >= 4 is 29.3 Å². The molecule has 1 aliphatic heterocycles. The van der Waals surface area contributed by atoms with Gasteiger partial charge in [-0.3, -0.25) is 4.40 Å². The van der Waals surface area contributed by atoms with E-state index in [4.69, 9.17) is 26.1 Å². The van der Waals surface area contributed by atoms with Gasteiger partial charge in [0.15, 0.2) is 0 Å². The largest absolute Gasteiger partial charge is 0.495 e. The summed E-state index contributed by atoms with van der Waals surface area (Å²) in [7, 11) is 1.53. The molecule has 1 amide bonds. The van der Waals surface area contributed by atoms with Gasteiger partial charge in [-0.15, -0.1) is 0 Å². The molecule has 2 aromatic heterocycles. The van der Waals surface area contributed by atoms with Crippen LogP contribution in [0.2, 0.25) is 5.02 Å². The molecule has 1 aromatic carbocycles. The molecular weight excluding hydrogens is 446 g/mol. The predicted octanol–water partition coefficient (Wildman–Crippen LogP) is 3.65. The number of halogens is 1. The van der Waals surface area contributed by atoms with Crippen LogP contribution in [0.3, 0.4) is 0 Å². The van der Waals surface area contributed by atoms with E-state index in [2.05, 4.69) is 15.2 Å². The molecule has 176 valence electrons. The maximum absolute atomic E-state index is 12.1. The average Bonchev–Trinajstić information content (AvgIpc) is 3.38. The average molecular weight is 474 g/mol. The molecule has 1 atom stereocenters. The van der Waals surface area contributed by atoms with E-state index in [9.17, 15) is 9.90 Å². The lowest BCUT2D eigenvalue weighted by Gasteiger charge is -2.22. The second-order valence-electron chi connectivity index (χ2n) is 9.00.